The summed E-state index contributed by atoms with van der Waals surface area (Å²) < 4.78 is 10.8. The molecule has 6 nitrogen and oxygen atoms in total. The molecule has 0 aliphatic rings. The first-order chi connectivity index (χ1) is 13.5. The van der Waals surface area contributed by atoms with Crippen molar-refractivity contribution in [3.05, 3.63) is 59.7 Å². The van der Waals surface area contributed by atoms with Crippen molar-refractivity contribution in [2.24, 2.45) is 0 Å². The maximum Gasteiger partial charge on any atom is 0.338 e. The molecule has 0 saturated heterocycles. The summed E-state index contributed by atoms with van der Waals surface area (Å²) in [5.74, 6) is 0.0156. The molecule has 0 fully saturated rings. The first-order valence-electron chi connectivity index (χ1n) is 9.50. The van der Waals surface area contributed by atoms with E-state index in [2.05, 4.69) is 24.1 Å². The van der Waals surface area contributed by atoms with E-state index in [1.54, 1.807) is 30.3 Å². The summed E-state index contributed by atoms with van der Waals surface area (Å²) in [6, 6.07) is 14.1. The Bertz CT molecular complexity index is 770. The van der Waals surface area contributed by atoms with Crippen molar-refractivity contribution in [3.63, 3.8) is 0 Å². The van der Waals surface area contributed by atoms with Gasteiger partial charge in [-0.25, -0.2) is 4.79 Å². The van der Waals surface area contributed by atoms with Gasteiger partial charge >= 0.3 is 5.97 Å². The second-order valence-electron chi connectivity index (χ2n) is 6.39. The minimum Gasteiger partial charge on any atom is -0.484 e. The number of hydrogen-bond donors (Lipinski definition) is 1. The fourth-order valence-corrected chi connectivity index (χ4v) is 2.63. The maximum absolute atomic E-state index is 12.1. The highest BCUT2D eigenvalue weighted by molar-refractivity contribution is 5.93. The van der Waals surface area contributed by atoms with Gasteiger partial charge in [-0.05, 0) is 62.0 Å². The zero-order chi connectivity index (χ0) is 20.4. The zero-order valence-corrected chi connectivity index (χ0v) is 16.7. The molecule has 0 bridgehead atoms. The van der Waals surface area contributed by atoms with Gasteiger partial charge in [0.15, 0.2) is 6.61 Å². The predicted molar refractivity (Wildman–Crippen MR) is 110 cm³/mol. The van der Waals surface area contributed by atoms with E-state index in [1.807, 2.05) is 25.1 Å². The molecule has 0 atom stereocenters. The minimum atomic E-state index is -0.368. The van der Waals surface area contributed by atoms with Gasteiger partial charge < -0.3 is 19.7 Å². The third kappa shape index (κ3) is 7.04. The Labute approximate surface area is 166 Å². The molecule has 0 unspecified atom stereocenters. The van der Waals surface area contributed by atoms with Crippen molar-refractivity contribution in [2.75, 3.05) is 38.2 Å². The summed E-state index contributed by atoms with van der Waals surface area (Å²) in [5.41, 5.74) is 2.11. The van der Waals surface area contributed by atoms with Gasteiger partial charge in [0, 0.05) is 12.2 Å². The molecular weight excluding hydrogens is 356 g/mol. The molecule has 2 aromatic rings. The number of aryl methyl sites for hydroxylation is 1. The van der Waals surface area contributed by atoms with Gasteiger partial charge in [-0.3, -0.25) is 4.79 Å². The maximum atomic E-state index is 12.1. The van der Waals surface area contributed by atoms with Gasteiger partial charge in [0.2, 0.25) is 0 Å². The second-order valence-corrected chi connectivity index (χ2v) is 6.39. The van der Waals surface area contributed by atoms with Gasteiger partial charge in [0.25, 0.3) is 5.91 Å². The van der Waals surface area contributed by atoms with E-state index in [4.69, 9.17) is 9.47 Å². The van der Waals surface area contributed by atoms with Gasteiger partial charge in [-0.1, -0.05) is 26.0 Å². The molecule has 0 saturated carbocycles. The number of amides is 1. The third-order valence-electron chi connectivity index (χ3n) is 4.30. The molecule has 6 heteroatoms. The first-order valence-corrected chi connectivity index (χ1v) is 9.50. The fourth-order valence-electron chi connectivity index (χ4n) is 2.63. The van der Waals surface area contributed by atoms with E-state index in [0.29, 0.717) is 30.2 Å². The number of rotatable bonds is 10. The van der Waals surface area contributed by atoms with Gasteiger partial charge in [-0.15, -0.1) is 0 Å². The van der Waals surface area contributed by atoms with Crippen LogP contribution in [-0.2, 0) is 9.53 Å². The van der Waals surface area contributed by atoms with Crippen molar-refractivity contribution in [3.8, 4) is 5.75 Å². The normalized spacial score (nSPS) is 10.6. The molecule has 0 aliphatic carbocycles. The monoisotopic (exact) mass is 384 g/mol. The van der Waals surface area contributed by atoms with Crippen LogP contribution in [0, 0.1) is 6.92 Å². The van der Waals surface area contributed by atoms with Crippen LogP contribution >= 0.6 is 0 Å². The van der Waals surface area contributed by atoms with E-state index in [1.165, 1.54) is 0 Å². The molecule has 0 aliphatic heterocycles. The summed E-state index contributed by atoms with van der Waals surface area (Å²) >= 11 is 0. The first kappa shape index (κ1) is 21.4. The van der Waals surface area contributed by atoms with Crippen LogP contribution in [0.4, 0.5) is 5.69 Å². The van der Waals surface area contributed by atoms with Crippen molar-refractivity contribution < 1.29 is 19.1 Å². The van der Waals surface area contributed by atoms with E-state index in [9.17, 15) is 9.59 Å². The van der Waals surface area contributed by atoms with Gasteiger partial charge in [0.1, 0.15) is 12.4 Å². The number of carbonyl (C=O) groups excluding carboxylic acids is 2. The smallest absolute Gasteiger partial charge is 0.338 e. The quantitative estimate of drug-likeness (QED) is 0.635. The standard InChI is InChI=1S/C22H28N2O4/c1-4-24(5-2)13-14-27-22(26)18-9-11-19(12-10-18)23-21(25)16-28-20-8-6-7-17(3)15-20/h6-12,15H,4-5,13-14,16H2,1-3H3,(H,23,25). The molecule has 28 heavy (non-hydrogen) atoms. The number of nitrogens with zero attached hydrogens (tertiary/aromatic N) is 1. The summed E-state index contributed by atoms with van der Waals surface area (Å²) in [4.78, 5) is 26.3. The van der Waals surface area contributed by atoms with E-state index in [-0.39, 0.29) is 18.5 Å². The third-order valence-corrected chi connectivity index (χ3v) is 4.30. The molecule has 0 spiro atoms. The SMILES string of the molecule is CCN(CC)CCOC(=O)c1ccc(NC(=O)COc2cccc(C)c2)cc1. The van der Waals surface area contributed by atoms with E-state index in [0.717, 1.165) is 18.7 Å². The molecule has 2 rings (SSSR count). The lowest BCUT2D eigenvalue weighted by molar-refractivity contribution is -0.118. The number of anilines is 1. The van der Waals surface area contributed by atoms with Crippen LogP contribution in [0.25, 0.3) is 0 Å². The molecule has 0 aromatic heterocycles. The number of esters is 1. The van der Waals surface area contributed by atoms with Crippen LogP contribution in [-0.4, -0.2) is 49.6 Å². The minimum absolute atomic E-state index is 0.0847. The number of benzene rings is 2. The summed E-state index contributed by atoms with van der Waals surface area (Å²) in [6.45, 7) is 8.95. The Morgan fingerprint density at radius 1 is 1.04 bits per heavy atom. The van der Waals surface area contributed by atoms with Crippen LogP contribution in [0.1, 0.15) is 29.8 Å². The average molecular weight is 384 g/mol. The Morgan fingerprint density at radius 3 is 2.39 bits per heavy atom. The van der Waals surface area contributed by atoms with Crippen molar-refractivity contribution >= 4 is 17.6 Å². The highest BCUT2D eigenvalue weighted by Gasteiger charge is 2.09. The lowest BCUT2D eigenvalue weighted by Gasteiger charge is -2.17. The number of carbonyl (C=O) groups is 2. The van der Waals surface area contributed by atoms with Crippen LogP contribution in [0.2, 0.25) is 0 Å². The largest absolute Gasteiger partial charge is 0.484 e. The van der Waals surface area contributed by atoms with Crippen LogP contribution < -0.4 is 10.1 Å². The number of nitrogens with one attached hydrogen (secondary N) is 1. The Morgan fingerprint density at radius 2 is 1.75 bits per heavy atom. The molecule has 0 heterocycles. The highest BCUT2D eigenvalue weighted by Crippen LogP contribution is 2.13. The van der Waals surface area contributed by atoms with Gasteiger partial charge in [-0.2, -0.15) is 0 Å². The summed E-state index contributed by atoms with van der Waals surface area (Å²) in [6.07, 6.45) is 0. The molecular formula is C22H28N2O4. The van der Waals surface area contributed by atoms with Crippen LogP contribution in [0.3, 0.4) is 0 Å². The van der Waals surface area contributed by atoms with E-state index >= 15 is 0 Å². The van der Waals surface area contributed by atoms with Crippen LogP contribution in [0.15, 0.2) is 48.5 Å². The Balaban J connectivity index is 1.78. The average Bonchev–Trinajstić information content (AvgIpc) is 2.70. The molecule has 2 aromatic carbocycles. The fraction of sp³-hybridized carbons (Fsp3) is 0.364. The predicted octanol–water partition coefficient (Wildman–Crippen LogP) is 3.51. The lowest BCUT2D eigenvalue weighted by Crippen LogP contribution is -2.27. The van der Waals surface area contributed by atoms with Crippen molar-refractivity contribution in [1.82, 2.24) is 4.90 Å². The summed E-state index contributed by atoms with van der Waals surface area (Å²) in [5, 5.41) is 2.74. The Kier molecular flexibility index (Phi) is 8.49. The van der Waals surface area contributed by atoms with Gasteiger partial charge in [0.05, 0.1) is 5.56 Å². The zero-order valence-electron chi connectivity index (χ0n) is 16.7. The topological polar surface area (TPSA) is 67.9 Å². The van der Waals surface area contributed by atoms with Crippen LogP contribution in [0.5, 0.6) is 5.75 Å². The van der Waals surface area contributed by atoms with E-state index < -0.39 is 0 Å². The summed E-state index contributed by atoms with van der Waals surface area (Å²) in [7, 11) is 0. The van der Waals surface area contributed by atoms with Crippen molar-refractivity contribution in [1.29, 1.82) is 0 Å². The van der Waals surface area contributed by atoms with Crippen molar-refractivity contribution in [2.45, 2.75) is 20.8 Å². The molecule has 150 valence electrons. The lowest BCUT2D eigenvalue weighted by atomic mass is 10.2. The number of ether oxygens (including phenoxy) is 2. The number of likely N-dealkylation sites (N-methyl/N-ethyl adjacent to an activating group) is 1. The Hall–Kier alpha value is -2.86. The molecule has 1 N–H and O–H groups in total. The highest BCUT2D eigenvalue weighted by atomic mass is 16.5. The second kappa shape index (κ2) is 11.1. The molecule has 0 radical (unpaired) electrons. The number of hydrogen-bond acceptors (Lipinski definition) is 5. The molecule has 1 amide bonds.